The van der Waals surface area contributed by atoms with E-state index in [1.807, 2.05) is 36.5 Å². The zero-order valence-electron chi connectivity index (χ0n) is 18.8. The summed E-state index contributed by atoms with van der Waals surface area (Å²) in [5, 5.41) is 18.9. The molecule has 0 atom stereocenters. The van der Waals surface area contributed by atoms with Gasteiger partial charge >= 0.3 is 0 Å². The molecule has 33 heavy (non-hydrogen) atoms. The van der Waals surface area contributed by atoms with Gasteiger partial charge < -0.3 is 15.6 Å². The molecule has 0 aliphatic heterocycles. The molecule has 0 radical (unpaired) electrons. The van der Waals surface area contributed by atoms with Gasteiger partial charge in [0.2, 0.25) is 5.95 Å². The second kappa shape index (κ2) is 7.93. The Balaban J connectivity index is 1.49. The molecule has 1 aliphatic carbocycles. The third-order valence-corrected chi connectivity index (χ3v) is 5.78. The first-order valence-electron chi connectivity index (χ1n) is 10.7. The highest BCUT2D eigenvalue weighted by Gasteiger charge is 2.25. The predicted octanol–water partition coefficient (Wildman–Crippen LogP) is 2.76. The van der Waals surface area contributed by atoms with Gasteiger partial charge in [-0.2, -0.15) is 0 Å². The van der Waals surface area contributed by atoms with Crippen molar-refractivity contribution in [2.24, 2.45) is 0 Å². The number of aromatic nitrogens is 6. The van der Waals surface area contributed by atoms with Crippen molar-refractivity contribution >= 4 is 5.95 Å². The van der Waals surface area contributed by atoms with E-state index in [1.54, 1.807) is 31.7 Å². The first-order chi connectivity index (χ1) is 15.8. The molecule has 3 N–H and O–H groups in total. The van der Waals surface area contributed by atoms with Gasteiger partial charge in [-0.3, -0.25) is 4.98 Å². The van der Waals surface area contributed by atoms with Crippen LogP contribution in [0.3, 0.4) is 0 Å². The van der Waals surface area contributed by atoms with Crippen molar-refractivity contribution < 1.29 is 9.84 Å². The van der Waals surface area contributed by atoms with Gasteiger partial charge in [0.15, 0.2) is 0 Å². The Morgan fingerprint density at radius 2 is 1.91 bits per heavy atom. The van der Waals surface area contributed by atoms with Gasteiger partial charge in [0.05, 0.1) is 36.9 Å². The van der Waals surface area contributed by atoms with Crippen LogP contribution in [0.15, 0.2) is 42.6 Å². The van der Waals surface area contributed by atoms with Gasteiger partial charge in [-0.15, -0.1) is 5.10 Å². The van der Waals surface area contributed by atoms with Crippen LogP contribution in [0.25, 0.3) is 22.6 Å². The second-order valence-electron chi connectivity index (χ2n) is 8.66. The number of ether oxygens (including phenoxy) is 1. The minimum atomic E-state index is -1.01. The van der Waals surface area contributed by atoms with E-state index in [1.165, 1.54) is 5.56 Å². The standard InChI is InChI=1S/C24H25N7O2/c1-24(2,32)20-6-4-5-15(26-20)12-31-13-19(29-30-31)22-18-9-7-14-11-16(33-3)8-10-17(14)21(18)27-23(25)28-22/h4-6,8,10-11,13,32H,7,9,12H2,1-3H3,(H2,25,27,28). The van der Waals surface area contributed by atoms with E-state index < -0.39 is 5.60 Å². The Kier molecular flexibility index (Phi) is 5.05. The summed E-state index contributed by atoms with van der Waals surface area (Å²) in [6.07, 6.45) is 3.46. The van der Waals surface area contributed by atoms with Gasteiger partial charge in [0.1, 0.15) is 22.7 Å². The maximum atomic E-state index is 10.2. The van der Waals surface area contributed by atoms with Crippen molar-refractivity contribution in [2.45, 2.75) is 38.8 Å². The molecule has 3 heterocycles. The lowest BCUT2D eigenvalue weighted by Crippen LogP contribution is -2.18. The minimum absolute atomic E-state index is 0.196. The van der Waals surface area contributed by atoms with E-state index in [4.69, 9.17) is 10.5 Å². The van der Waals surface area contributed by atoms with Crippen LogP contribution >= 0.6 is 0 Å². The van der Waals surface area contributed by atoms with Crippen LogP contribution in [0.5, 0.6) is 5.75 Å². The third-order valence-electron chi connectivity index (χ3n) is 5.78. The SMILES string of the molecule is COc1ccc2c(c1)CCc1c(-c3cn(Cc4cccc(C(C)(C)O)n4)nn3)nc(N)nc1-2. The average Bonchev–Trinajstić information content (AvgIpc) is 3.26. The van der Waals surface area contributed by atoms with E-state index in [-0.39, 0.29) is 5.95 Å². The Morgan fingerprint density at radius 3 is 2.70 bits per heavy atom. The maximum Gasteiger partial charge on any atom is 0.221 e. The molecule has 3 aromatic heterocycles. The van der Waals surface area contributed by atoms with Crippen molar-refractivity contribution in [2.75, 3.05) is 12.8 Å². The Morgan fingerprint density at radius 1 is 1.09 bits per heavy atom. The summed E-state index contributed by atoms with van der Waals surface area (Å²) in [4.78, 5) is 13.6. The molecular weight excluding hydrogens is 418 g/mol. The Bertz CT molecular complexity index is 1340. The smallest absolute Gasteiger partial charge is 0.221 e. The summed E-state index contributed by atoms with van der Waals surface area (Å²) in [7, 11) is 1.66. The molecular formula is C24H25N7O2. The van der Waals surface area contributed by atoms with Crippen LogP contribution in [0.2, 0.25) is 0 Å². The number of pyridine rings is 1. The van der Waals surface area contributed by atoms with Gasteiger partial charge in [0.25, 0.3) is 0 Å². The number of anilines is 1. The van der Waals surface area contributed by atoms with Crippen LogP contribution < -0.4 is 10.5 Å². The number of nitrogen functional groups attached to an aromatic ring is 1. The normalized spacial score (nSPS) is 12.8. The molecule has 0 saturated heterocycles. The minimum Gasteiger partial charge on any atom is -0.497 e. The van der Waals surface area contributed by atoms with Gasteiger partial charge in [-0.05, 0) is 62.6 Å². The molecule has 0 saturated carbocycles. The fraction of sp³-hybridized carbons (Fsp3) is 0.292. The summed E-state index contributed by atoms with van der Waals surface area (Å²) in [6, 6.07) is 11.6. The molecule has 0 amide bonds. The highest BCUT2D eigenvalue weighted by atomic mass is 16.5. The number of nitrogens with two attached hydrogens (primary N) is 1. The number of methoxy groups -OCH3 is 1. The lowest BCUT2D eigenvalue weighted by molar-refractivity contribution is 0.0736. The van der Waals surface area contributed by atoms with Crippen molar-refractivity contribution in [3.63, 3.8) is 0 Å². The van der Waals surface area contributed by atoms with Crippen LogP contribution in [0, 0.1) is 0 Å². The number of benzene rings is 1. The van der Waals surface area contributed by atoms with E-state index in [0.29, 0.717) is 23.6 Å². The van der Waals surface area contributed by atoms with Crippen LogP contribution in [-0.4, -0.2) is 42.2 Å². The lowest BCUT2D eigenvalue weighted by Gasteiger charge is -2.21. The number of rotatable bonds is 5. The number of hydrogen-bond acceptors (Lipinski definition) is 8. The van der Waals surface area contributed by atoms with Crippen molar-refractivity contribution in [3.05, 3.63) is 65.1 Å². The molecule has 5 rings (SSSR count). The van der Waals surface area contributed by atoms with Crippen LogP contribution in [0.4, 0.5) is 5.95 Å². The van der Waals surface area contributed by atoms with Crippen molar-refractivity contribution in [1.82, 2.24) is 29.9 Å². The molecule has 0 unspecified atom stereocenters. The fourth-order valence-electron chi connectivity index (χ4n) is 4.13. The fourth-order valence-corrected chi connectivity index (χ4v) is 4.13. The molecule has 168 valence electrons. The monoisotopic (exact) mass is 443 g/mol. The largest absolute Gasteiger partial charge is 0.497 e. The molecule has 1 aliphatic rings. The second-order valence-corrected chi connectivity index (χ2v) is 8.66. The molecule has 9 heteroatoms. The molecule has 9 nitrogen and oxygen atoms in total. The molecule has 0 fully saturated rings. The van der Waals surface area contributed by atoms with Gasteiger partial charge in [-0.25, -0.2) is 14.6 Å². The van der Waals surface area contributed by atoms with Crippen LogP contribution in [0.1, 0.15) is 36.4 Å². The zero-order chi connectivity index (χ0) is 23.2. The van der Waals surface area contributed by atoms with Gasteiger partial charge in [-0.1, -0.05) is 11.3 Å². The number of fused-ring (bicyclic) bond motifs is 3. The first kappa shape index (κ1) is 21.0. The summed E-state index contributed by atoms with van der Waals surface area (Å²) < 4.78 is 7.07. The predicted molar refractivity (Wildman–Crippen MR) is 123 cm³/mol. The Hall–Kier alpha value is -3.85. The number of nitrogens with zero attached hydrogens (tertiary/aromatic N) is 6. The first-order valence-corrected chi connectivity index (χ1v) is 10.7. The highest BCUT2D eigenvalue weighted by molar-refractivity contribution is 5.77. The number of aliphatic hydroxyl groups is 1. The summed E-state index contributed by atoms with van der Waals surface area (Å²) >= 11 is 0. The summed E-state index contributed by atoms with van der Waals surface area (Å²) in [5.41, 5.74) is 11.8. The van der Waals surface area contributed by atoms with E-state index in [0.717, 1.165) is 41.1 Å². The number of hydrogen-bond donors (Lipinski definition) is 2. The summed E-state index contributed by atoms with van der Waals surface area (Å²) in [6.45, 7) is 3.84. The van der Waals surface area contributed by atoms with Crippen molar-refractivity contribution in [3.8, 4) is 28.4 Å². The quantitative estimate of drug-likeness (QED) is 0.482. The average molecular weight is 444 g/mol. The van der Waals surface area contributed by atoms with E-state index in [9.17, 15) is 5.11 Å². The molecule has 1 aromatic carbocycles. The summed E-state index contributed by atoms with van der Waals surface area (Å²) in [5.74, 6) is 1.02. The maximum absolute atomic E-state index is 10.2. The van der Waals surface area contributed by atoms with E-state index >= 15 is 0 Å². The molecule has 4 aromatic rings. The molecule has 0 spiro atoms. The number of aryl methyl sites for hydroxylation is 1. The van der Waals surface area contributed by atoms with Crippen molar-refractivity contribution in [1.29, 1.82) is 0 Å². The highest BCUT2D eigenvalue weighted by Crippen LogP contribution is 2.38. The van der Waals surface area contributed by atoms with E-state index in [2.05, 4.69) is 25.3 Å². The van der Waals surface area contributed by atoms with Crippen LogP contribution in [-0.2, 0) is 25.0 Å². The zero-order valence-corrected chi connectivity index (χ0v) is 18.8. The third kappa shape index (κ3) is 4.03. The topological polar surface area (TPSA) is 125 Å². The molecule has 0 bridgehead atoms. The Labute approximate surface area is 191 Å². The van der Waals surface area contributed by atoms with Gasteiger partial charge in [0, 0.05) is 11.1 Å². The lowest BCUT2D eigenvalue weighted by atomic mass is 9.87.